The molecule has 158 valence electrons. The summed E-state index contributed by atoms with van der Waals surface area (Å²) in [6.07, 6.45) is -1.00. The number of aromatic amines is 1. The molecular formula is C18H17F3N6O3. The van der Waals surface area contributed by atoms with E-state index in [9.17, 15) is 22.8 Å². The zero-order chi connectivity index (χ0) is 21.9. The van der Waals surface area contributed by atoms with Gasteiger partial charge in [-0.1, -0.05) is 0 Å². The van der Waals surface area contributed by atoms with Gasteiger partial charge in [-0.2, -0.15) is 18.4 Å². The molecule has 1 fully saturated rings. The second-order valence-electron chi connectivity index (χ2n) is 6.51. The van der Waals surface area contributed by atoms with Crippen molar-refractivity contribution >= 4 is 34.8 Å². The number of nitrogens with one attached hydrogen (secondary N) is 1. The predicted molar refractivity (Wildman–Crippen MR) is 100 cm³/mol. The quantitative estimate of drug-likeness (QED) is 0.571. The summed E-state index contributed by atoms with van der Waals surface area (Å²) in [4.78, 5) is 33.4. The molecule has 1 aliphatic rings. The Morgan fingerprint density at radius 2 is 2.03 bits per heavy atom. The van der Waals surface area contributed by atoms with Crippen LogP contribution in [0.1, 0.15) is 5.56 Å². The number of hydrogen-bond donors (Lipinski definition) is 2. The summed E-state index contributed by atoms with van der Waals surface area (Å²) in [7, 11) is 0. The Hall–Kier alpha value is -3.75. The lowest BCUT2D eigenvalue weighted by Gasteiger charge is -2.35. The molecule has 0 aliphatic carbocycles. The van der Waals surface area contributed by atoms with E-state index in [0.29, 0.717) is 29.7 Å². The molecule has 1 aliphatic heterocycles. The summed E-state index contributed by atoms with van der Waals surface area (Å²) >= 11 is 0. The molecule has 3 rings (SSSR count). The van der Waals surface area contributed by atoms with E-state index < -0.39 is 24.8 Å². The van der Waals surface area contributed by atoms with Gasteiger partial charge in [-0.15, -0.1) is 0 Å². The molecule has 2 aromatic rings. The van der Waals surface area contributed by atoms with E-state index in [1.165, 1.54) is 11.0 Å². The number of ether oxygens (including phenoxy) is 1. The number of nitrogens with two attached hydrogens (primary N) is 1. The van der Waals surface area contributed by atoms with Gasteiger partial charge in [0.2, 0.25) is 0 Å². The zero-order valence-electron chi connectivity index (χ0n) is 15.6. The summed E-state index contributed by atoms with van der Waals surface area (Å²) in [5, 5.41) is 9.68. The summed E-state index contributed by atoms with van der Waals surface area (Å²) in [6.45, 7) is -0.501. The van der Waals surface area contributed by atoms with Gasteiger partial charge >= 0.3 is 12.3 Å². The number of alkyl halides is 3. The fourth-order valence-electron chi connectivity index (χ4n) is 3.00. The summed E-state index contributed by atoms with van der Waals surface area (Å²) in [5.41, 5.74) is 6.79. The topological polar surface area (TPSA) is 128 Å². The van der Waals surface area contributed by atoms with Gasteiger partial charge in [0.15, 0.2) is 6.61 Å². The fraction of sp³-hybridized carbons (Fsp3) is 0.333. The second kappa shape index (κ2) is 8.32. The number of aromatic nitrogens is 2. The van der Waals surface area contributed by atoms with Crippen LogP contribution in [0.5, 0.6) is 0 Å². The van der Waals surface area contributed by atoms with Crippen LogP contribution in [0.4, 0.5) is 23.7 Å². The number of H-pyrrole nitrogens is 1. The largest absolute Gasteiger partial charge is 0.440 e. The van der Waals surface area contributed by atoms with Crippen LogP contribution >= 0.6 is 0 Å². The highest BCUT2D eigenvalue weighted by atomic mass is 19.4. The van der Waals surface area contributed by atoms with Crippen LogP contribution in [-0.4, -0.2) is 65.8 Å². The number of carbonyl (C=O) groups excluding carboxylic acids is 2. The SMILES string of the molecule is N#CC(=Cc1c[nH]c2ncc(N3CCN(C(=O)OCC(F)(F)F)CC3)cc12)C(N)=O. The molecule has 0 atom stereocenters. The monoisotopic (exact) mass is 422 g/mol. The van der Waals surface area contributed by atoms with Gasteiger partial charge in [-0.3, -0.25) is 4.79 Å². The van der Waals surface area contributed by atoms with Crippen molar-refractivity contribution in [1.82, 2.24) is 14.9 Å². The lowest BCUT2D eigenvalue weighted by atomic mass is 10.1. The molecule has 0 aromatic carbocycles. The van der Waals surface area contributed by atoms with Gasteiger partial charge in [-0.05, 0) is 12.1 Å². The normalized spacial score (nSPS) is 15.2. The maximum absolute atomic E-state index is 12.2. The standard InChI is InChI=1S/C18H17F3N6O3/c19-18(20,21)10-30-17(29)27-3-1-26(2-4-27)13-6-14-12(5-11(7-22)15(23)28)8-24-16(14)25-9-13/h5-6,8-9H,1-4,10H2,(H2,23,28)(H,24,25). The first-order chi connectivity index (χ1) is 14.2. The lowest BCUT2D eigenvalue weighted by molar-refractivity contribution is -0.162. The molecule has 9 nitrogen and oxygen atoms in total. The number of anilines is 1. The predicted octanol–water partition coefficient (Wildman–Crippen LogP) is 1.78. The van der Waals surface area contributed by atoms with E-state index in [4.69, 9.17) is 11.0 Å². The van der Waals surface area contributed by atoms with Crippen molar-refractivity contribution in [2.45, 2.75) is 6.18 Å². The average Bonchev–Trinajstić information content (AvgIpc) is 3.11. The number of carbonyl (C=O) groups is 2. The van der Waals surface area contributed by atoms with E-state index in [0.717, 1.165) is 5.69 Å². The van der Waals surface area contributed by atoms with Crippen LogP contribution in [0.25, 0.3) is 17.1 Å². The average molecular weight is 422 g/mol. The number of pyridine rings is 1. The number of hydrogen-bond acceptors (Lipinski definition) is 6. The van der Waals surface area contributed by atoms with Crippen molar-refractivity contribution in [1.29, 1.82) is 5.26 Å². The number of primary amides is 1. The Morgan fingerprint density at radius 1 is 1.33 bits per heavy atom. The molecule has 2 amide bonds. The molecule has 2 aromatic heterocycles. The molecular weight excluding hydrogens is 405 g/mol. The van der Waals surface area contributed by atoms with Gasteiger partial charge in [0.05, 0.1) is 11.9 Å². The number of fused-ring (bicyclic) bond motifs is 1. The third-order valence-electron chi connectivity index (χ3n) is 4.50. The molecule has 3 N–H and O–H groups in total. The molecule has 0 unspecified atom stereocenters. The highest BCUT2D eigenvalue weighted by Crippen LogP contribution is 2.25. The van der Waals surface area contributed by atoms with E-state index in [2.05, 4.69) is 14.7 Å². The highest BCUT2D eigenvalue weighted by Gasteiger charge is 2.31. The highest BCUT2D eigenvalue weighted by molar-refractivity contribution is 6.03. The van der Waals surface area contributed by atoms with E-state index in [1.807, 2.05) is 4.90 Å². The van der Waals surface area contributed by atoms with Crippen molar-refractivity contribution in [2.75, 3.05) is 37.7 Å². The van der Waals surface area contributed by atoms with Crippen LogP contribution in [0.2, 0.25) is 0 Å². The molecule has 1 saturated heterocycles. The Labute approximate surface area is 168 Å². The minimum atomic E-state index is -4.57. The number of nitrogens with zero attached hydrogens (tertiary/aromatic N) is 4. The van der Waals surface area contributed by atoms with Crippen LogP contribution in [0.15, 0.2) is 24.0 Å². The third kappa shape index (κ3) is 4.80. The van der Waals surface area contributed by atoms with Crippen molar-refractivity contribution in [3.63, 3.8) is 0 Å². The number of piperazine rings is 1. The van der Waals surface area contributed by atoms with Crippen LogP contribution in [0, 0.1) is 11.3 Å². The Kier molecular flexibility index (Phi) is 5.81. The molecule has 0 spiro atoms. The van der Waals surface area contributed by atoms with Gasteiger partial charge < -0.3 is 25.3 Å². The number of halogens is 3. The minimum Gasteiger partial charge on any atom is -0.440 e. The van der Waals surface area contributed by atoms with Crippen LogP contribution in [-0.2, 0) is 9.53 Å². The first-order valence-electron chi connectivity index (χ1n) is 8.80. The molecule has 0 bridgehead atoms. The van der Waals surface area contributed by atoms with Crippen LogP contribution in [0.3, 0.4) is 0 Å². The summed E-state index contributed by atoms with van der Waals surface area (Å²) in [6, 6.07) is 3.54. The number of amides is 2. The van der Waals surface area contributed by atoms with Gasteiger partial charge in [0.25, 0.3) is 5.91 Å². The van der Waals surface area contributed by atoms with E-state index in [-0.39, 0.29) is 18.7 Å². The maximum Gasteiger partial charge on any atom is 0.422 e. The van der Waals surface area contributed by atoms with Crippen LogP contribution < -0.4 is 10.6 Å². The van der Waals surface area contributed by atoms with E-state index in [1.54, 1.807) is 24.5 Å². The van der Waals surface area contributed by atoms with Gasteiger partial charge in [0, 0.05) is 43.3 Å². The van der Waals surface area contributed by atoms with Crippen molar-refractivity contribution < 1.29 is 27.5 Å². The first kappa shape index (κ1) is 21.0. The van der Waals surface area contributed by atoms with Gasteiger partial charge in [-0.25, -0.2) is 9.78 Å². The van der Waals surface area contributed by atoms with Crippen molar-refractivity contribution in [2.24, 2.45) is 5.73 Å². The number of rotatable bonds is 4. The Morgan fingerprint density at radius 3 is 2.63 bits per heavy atom. The molecule has 12 heteroatoms. The van der Waals surface area contributed by atoms with E-state index >= 15 is 0 Å². The zero-order valence-corrected chi connectivity index (χ0v) is 15.6. The Balaban J connectivity index is 1.71. The first-order valence-corrected chi connectivity index (χ1v) is 8.80. The maximum atomic E-state index is 12.2. The summed E-state index contributed by atoms with van der Waals surface area (Å²) < 4.78 is 40.8. The molecule has 30 heavy (non-hydrogen) atoms. The minimum absolute atomic E-state index is 0.189. The fourth-order valence-corrected chi connectivity index (χ4v) is 3.00. The smallest absolute Gasteiger partial charge is 0.422 e. The van der Waals surface area contributed by atoms with Crippen molar-refractivity contribution in [3.05, 3.63) is 29.6 Å². The molecule has 3 heterocycles. The molecule has 0 radical (unpaired) electrons. The molecule has 0 saturated carbocycles. The summed E-state index contributed by atoms with van der Waals surface area (Å²) in [5.74, 6) is -0.843. The third-order valence-corrected chi connectivity index (χ3v) is 4.50. The lowest BCUT2D eigenvalue weighted by Crippen LogP contribution is -2.49. The Bertz CT molecular complexity index is 1030. The van der Waals surface area contributed by atoms with Crippen molar-refractivity contribution in [3.8, 4) is 6.07 Å². The number of nitriles is 1. The second-order valence-corrected chi connectivity index (χ2v) is 6.51. The van der Waals surface area contributed by atoms with Gasteiger partial charge in [0.1, 0.15) is 17.3 Å².